The van der Waals surface area contributed by atoms with Crippen LogP contribution < -0.4 is 5.32 Å². The van der Waals surface area contributed by atoms with Gasteiger partial charge in [0, 0.05) is 22.2 Å². The van der Waals surface area contributed by atoms with Crippen LogP contribution >= 0.6 is 11.3 Å². The molecule has 0 unspecified atom stereocenters. The van der Waals surface area contributed by atoms with Crippen LogP contribution in [0.3, 0.4) is 0 Å². The number of aryl methyl sites for hydroxylation is 1. The number of benzene rings is 1. The third-order valence-electron chi connectivity index (χ3n) is 5.49. The number of amides is 1. The van der Waals surface area contributed by atoms with Crippen molar-refractivity contribution >= 4 is 29.0 Å². The molecule has 1 aliphatic heterocycles. The molecule has 0 atom stereocenters. The summed E-state index contributed by atoms with van der Waals surface area (Å²) in [6.45, 7) is 2.00. The van der Waals surface area contributed by atoms with Crippen LogP contribution in [-0.4, -0.2) is 22.2 Å². The van der Waals surface area contributed by atoms with Crippen molar-refractivity contribution in [3.05, 3.63) is 93.9 Å². The molecule has 0 saturated heterocycles. The molecule has 2 aromatic heterocycles. The van der Waals surface area contributed by atoms with E-state index in [2.05, 4.69) is 27.4 Å². The van der Waals surface area contributed by atoms with Crippen molar-refractivity contribution in [2.75, 3.05) is 0 Å². The summed E-state index contributed by atoms with van der Waals surface area (Å²) in [4.78, 5) is 22.4. The van der Waals surface area contributed by atoms with Gasteiger partial charge in [0.05, 0.1) is 0 Å². The predicted molar refractivity (Wildman–Crippen MR) is 125 cm³/mol. The number of carbonyl (C=O) groups excluding carboxylic acids is 1. The Morgan fingerprint density at radius 2 is 2.13 bits per heavy atom. The smallest absolute Gasteiger partial charge is 0.273 e. The normalized spacial score (nSPS) is 16.5. The SMILES string of the molecule is C/C=C1\C=C(NC(=O)c2ccc[nH]2)N=CC2=C1c1cc(-c3cccc(O)c3)sc1CC2. The number of phenols is 1. The molecular formula is C25H21N3O2S. The molecule has 0 bridgehead atoms. The predicted octanol–water partition coefficient (Wildman–Crippen LogP) is 5.45. The topological polar surface area (TPSA) is 77.5 Å². The van der Waals surface area contributed by atoms with E-state index in [1.807, 2.05) is 31.3 Å². The number of phenolic OH excluding ortho intramolecular Hbond substituents is 1. The van der Waals surface area contributed by atoms with Gasteiger partial charge in [-0.1, -0.05) is 18.2 Å². The fourth-order valence-electron chi connectivity index (χ4n) is 4.00. The molecule has 0 radical (unpaired) electrons. The fraction of sp³-hybridized carbons (Fsp3) is 0.120. The molecule has 5 nitrogen and oxygen atoms in total. The Kier molecular flexibility index (Phi) is 4.92. The highest BCUT2D eigenvalue weighted by Gasteiger charge is 2.25. The van der Waals surface area contributed by atoms with E-state index in [0.29, 0.717) is 11.5 Å². The monoisotopic (exact) mass is 427 g/mol. The standard InChI is InChI=1S/C25H21N3O2S/c1-2-15-12-23(28-25(30)20-7-4-10-26-20)27-14-17-8-9-21-19(24(15)17)13-22(31-21)16-5-3-6-18(29)11-16/h2-7,10-14,26,29H,8-9H2,1H3,(H,28,30)/b15-2+. The van der Waals surface area contributed by atoms with Crippen molar-refractivity contribution in [3.8, 4) is 16.2 Å². The van der Waals surface area contributed by atoms with Crippen molar-refractivity contribution in [2.24, 2.45) is 4.99 Å². The zero-order chi connectivity index (χ0) is 21.4. The van der Waals surface area contributed by atoms with Crippen LogP contribution in [0.5, 0.6) is 5.75 Å². The van der Waals surface area contributed by atoms with Crippen LogP contribution in [0.1, 0.15) is 34.3 Å². The van der Waals surface area contributed by atoms with E-state index in [1.165, 1.54) is 21.6 Å². The number of hydrogen-bond acceptors (Lipinski definition) is 4. The molecular weight excluding hydrogens is 406 g/mol. The van der Waals surface area contributed by atoms with Crippen molar-refractivity contribution in [1.29, 1.82) is 0 Å². The number of hydrogen-bond donors (Lipinski definition) is 3. The summed E-state index contributed by atoms with van der Waals surface area (Å²) in [5.41, 5.74) is 6.09. The molecule has 3 N–H and O–H groups in total. The number of aromatic hydroxyl groups is 1. The minimum atomic E-state index is -0.217. The number of allylic oxidation sites excluding steroid dienone is 5. The third-order valence-corrected chi connectivity index (χ3v) is 6.73. The molecule has 1 aromatic carbocycles. The molecule has 2 aliphatic rings. The van der Waals surface area contributed by atoms with Crippen molar-refractivity contribution in [1.82, 2.24) is 10.3 Å². The molecule has 1 aliphatic carbocycles. The number of carbonyl (C=O) groups is 1. The average molecular weight is 428 g/mol. The quantitative estimate of drug-likeness (QED) is 0.520. The average Bonchev–Trinajstić information content (AvgIpc) is 3.42. The minimum absolute atomic E-state index is 0.217. The summed E-state index contributed by atoms with van der Waals surface area (Å²) in [6.07, 6.45) is 9.44. The Morgan fingerprint density at radius 1 is 1.23 bits per heavy atom. The van der Waals surface area contributed by atoms with Gasteiger partial charge < -0.3 is 15.4 Å². The Morgan fingerprint density at radius 3 is 2.90 bits per heavy atom. The van der Waals surface area contributed by atoms with E-state index in [1.54, 1.807) is 41.8 Å². The van der Waals surface area contributed by atoms with E-state index in [4.69, 9.17) is 0 Å². The number of fused-ring (bicyclic) bond motifs is 2. The second-order valence-corrected chi connectivity index (χ2v) is 8.60. The first-order valence-corrected chi connectivity index (χ1v) is 11.0. The van der Waals surface area contributed by atoms with Gasteiger partial charge in [-0.3, -0.25) is 4.79 Å². The lowest BCUT2D eigenvalue weighted by Gasteiger charge is -2.18. The molecule has 3 heterocycles. The number of thiophene rings is 1. The number of aromatic nitrogens is 1. The Balaban J connectivity index is 1.51. The summed E-state index contributed by atoms with van der Waals surface area (Å²) in [5, 5.41) is 12.8. The van der Waals surface area contributed by atoms with Gasteiger partial charge in [-0.15, -0.1) is 11.3 Å². The van der Waals surface area contributed by atoms with Crippen LogP contribution in [0, 0.1) is 0 Å². The maximum absolute atomic E-state index is 12.5. The maximum atomic E-state index is 12.5. The summed E-state index contributed by atoms with van der Waals surface area (Å²) in [7, 11) is 0. The molecule has 0 spiro atoms. The summed E-state index contributed by atoms with van der Waals surface area (Å²) in [6, 6.07) is 13.1. The van der Waals surface area contributed by atoms with Crippen molar-refractivity contribution < 1.29 is 9.90 Å². The lowest BCUT2D eigenvalue weighted by Crippen LogP contribution is -2.22. The number of nitrogens with one attached hydrogen (secondary N) is 2. The highest BCUT2D eigenvalue weighted by molar-refractivity contribution is 7.15. The Hall–Kier alpha value is -3.64. The zero-order valence-electron chi connectivity index (χ0n) is 17.0. The lowest BCUT2D eigenvalue weighted by atomic mass is 9.86. The van der Waals surface area contributed by atoms with E-state index in [0.717, 1.165) is 28.9 Å². The van der Waals surface area contributed by atoms with Gasteiger partial charge in [-0.2, -0.15) is 0 Å². The second-order valence-electron chi connectivity index (χ2n) is 7.47. The van der Waals surface area contributed by atoms with Crippen LogP contribution in [0.2, 0.25) is 0 Å². The summed E-state index contributed by atoms with van der Waals surface area (Å²) >= 11 is 1.77. The van der Waals surface area contributed by atoms with Crippen molar-refractivity contribution in [3.63, 3.8) is 0 Å². The van der Waals surface area contributed by atoms with Crippen LogP contribution in [-0.2, 0) is 6.42 Å². The van der Waals surface area contributed by atoms with E-state index in [9.17, 15) is 9.90 Å². The molecule has 0 saturated carbocycles. The molecule has 6 heteroatoms. The maximum Gasteiger partial charge on any atom is 0.273 e. The van der Waals surface area contributed by atoms with Gasteiger partial charge in [-0.25, -0.2) is 4.99 Å². The molecule has 31 heavy (non-hydrogen) atoms. The molecule has 0 fully saturated rings. The van der Waals surface area contributed by atoms with Gasteiger partial charge in [0.2, 0.25) is 0 Å². The van der Waals surface area contributed by atoms with E-state index >= 15 is 0 Å². The number of aromatic amines is 1. The second kappa shape index (κ2) is 7.89. The Labute approximate surface area is 184 Å². The lowest BCUT2D eigenvalue weighted by molar-refractivity contribution is 0.0961. The van der Waals surface area contributed by atoms with Crippen molar-refractivity contribution in [2.45, 2.75) is 19.8 Å². The first kappa shape index (κ1) is 19.3. The zero-order valence-corrected chi connectivity index (χ0v) is 17.8. The number of aliphatic imine (C=N–C) groups is 1. The van der Waals surface area contributed by atoms with Crippen LogP contribution in [0.25, 0.3) is 16.0 Å². The van der Waals surface area contributed by atoms with E-state index in [-0.39, 0.29) is 11.7 Å². The Bertz CT molecular complexity index is 1290. The van der Waals surface area contributed by atoms with Crippen LogP contribution in [0.15, 0.2) is 82.8 Å². The minimum Gasteiger partial charge on any atom is -0.508 e. The third kappa shape index (κ3) is 3.66. The van der Waals surface area contributed by atoms with Gasteiger partial charge in [0.1, 0.15) is 17.3 Å². The number of H-pyrrole nitrogens is 1. The first-order chi connectivity index (χ1) is 15.1. The molecule has 5 rings (SSSR count). The summed E-state index contributed by atoms with van der Waals surface area (Å²) in [5.74, 6) is 0.572. The fourth-order valence-corrected chi connectivity index (χ4v) is 5.16. The van der Waals surface area contributed by atoms with Gasteiger partial charge in [-0.05, 0) is 84.0 Å². The van der Waals surface area contributed by atoms with Gasteiger partial charge in [0.25, 0.3) is 5.91 Å². The van der Waals surface area contributed by atoms with Crippen LogP contribution in [0.4, 0.5) is 0 Å². The van der Waals surface area contributed by atoms with E-state index < -0.39 is 0 Å². The first-order valence-electron chi connectivity index (χ1n) is 10.1. The summed E-state index contributed by atoms with van der Waals surface area (Å²) < 4.78 is 0. The van der Waals surface area contributed by atoms with Gasteiger partial charge in [0.15, 0.2) is 0 Å². The molecule has 154 valence electrons. The highest BCUT2D eigenvalue weighted by atomic mass is 32.1. The van der Waals surface area contributed by atoms with Gasteiger partial charge >= 0.3 is 0 Å². The molecule has 3 aromatic rings. The largest absolute Gasteiger partial charge is 0.508 e. The number of nitrogens with zero attached hydrogens (tertiary/aromatic N) is 1. The highest BCUT2D eigenvalue weighted by Crippen LogP contribution is 2.44. The molecule has 1 amide bonds. The number of rotatable bonds is 3.